The lowest BCUT2D eigenvalue weighted by atomic mass is 9.79. The van der Waals surface area contributed by atoms with Gasteiger partial charge >= 0.3 is 0 Å². The molecule has 10 heteroatoms. The van der Waals surface area contributed by atoms with Crippen LogP contribution in [-0.4, -0.2) is 54.5 Å². The van der Waals surface area contributed by atoms with Crippen LogP contribution in [0.3, 0.4) is 0 Å². The van der Waals surface area contributed by atoms with Crippen LogP contribution >= 0.6 is 0 Å². The number of halogens is 2. The molecule has 1 atom stereocenters. The van der Waals surface area contributed by atoms with Crippen LogP contribution in [0.2, 0.25) is 0 Å². The number of rotatable bonds is 4. The van der Waals surface area contributed by atoms with Crippen LogP contribution in [0.1, 0.15) is 18.4 Å². The fourth-order valence-corrected chi connectivity index (χ4v) is 6.18. The number of aromatic nitrogens is 2. The predicted molar refractivity (Wildman–Crippen MR) is 107 cm³/mol. The number of sulfonamides is 1. The lowest BCUT2D eigenvalue weighted by Crippen LogP contribution is -2.59. The number of hydrogen-bond donors (Lipinski definition) is 0. The summed E-state index contributed by atoms with van der Waals surface area (Å²) < 4.78 is 59.5. The van der Waals surface area contributed by atoms with Crippen molar-refractivity contribution in [3.63, 3.8) is 0 Å². The summed E-state index contributed by atoms with van der Waals surface area (Å²) in [4.78, 5) is 1.85. The summed E-state index contributed by atoms with van der Waals surface area (Å²) in [5.74, 6) is -1.31. The van der Waals surface area contributed by atoms with E-state index in [9.17, 15) is 17.2 Å². The molecule has 7 nitrogen and oxygen atoms in total. The van der Waals surface area contributed by atoms with Gasteiger partial charge < -0.3 is 4.42 Å². The van der Waals surface area contributed by atoms with Crippen LogP contribution in [0.15, 0.2) is 57.8 Å². The Labute approximate surface area is 178 Å². The molecule has 3 heterocycles. The molecule has 0 bridgehead atoms. The van der Waals surface area contributed by atoms with Gasteiger partial charge in [-0.1, -0.05) is 18.2 Å². The van der Waals surface area contributed by atoms with Gasteiger partial charge in [-0.15, -0.1) is 10.2 Å². The van der Waals surface area contributed by atoms with Gasteiger partial charge in [0.05, 0.1) is 10.9 Å². The SMILES string of the molecule is CN1CC2(CC1c1nnc(-c3ccccc3)o1)CN(S(=O)(=O)c1ccc(F)c(F)c1)C2. The van der Waals surface area contributed by atoms with Gasteiger partial charge in [0, 0.05) is 30.6 Å². The summed E-state index contributed by atoms with van der Waals surface area (Å²) in [5, 5.41) is 8.37. The van der Waals surface area contributed by atoms with Crippen molar-refractivity contribution in [1.29, 1.82) is 0 Å². The molecule has 1 aromatic heterocycles. The largest absolute Gasteiger partial charge is 0.419 e. The molecule has 1 unspecified atom stereocenters. The zero-order valence-electron chi connectivity index (χ0n) is 16.7. The monoisotopic (exact) mass is 446 g/mol. The number of nitrogens with zero attached hydrogens (tertiary/aromatic N) is 4. The summed E-state index contributed by atoms with van der Waals surface area (Å²) in [6.45, 7) is 1.27. The molecule has 0 N–H and O–H groups in total. The van der Waals surface area contributed by atoms with E-state index in [-0.39, 0.29) is 16.4 Å². The van der Waals surface area contributed by atoms with Crippen molar-refractivity contribution in [3.8, 4) is 11.5 Å². The minimum absolute atomic E-state index is 0.113. The van der Waals surface area contributed by atoms with Gasteiger partial charge in [-0.25, -0.2) is 17.2 Å². The van der Waals surface area contributed by atoms with E-state index in [4.69, 9.17) is 4.42 Å². The maximum atomic E-state index is 13.5. The molecule has 2 aromatic carbocycles. The Bertz CT molecular complexity index is 1230. The first-order valence-electron chi connectivity index (χ1n) is 9.82. The lowest BCUT2D eigenvalue weighted by molar-refractivity contribution is 0.0808. The van der Waals surface area contributed by atoms with E-state index in [1.165, 1.54) is 4.31 Å². The molecule has 0 amide bonds. The minimum Gasteiger partial charge on any atom is -0.419 e. The van der Waals surface area contributed by atoms with E-state index in [1.54, 1.807) is 0 Å². The molecule has 3 aromatic rings. The van der Waals surface area contributed by atoms with E-state index in [0.717, 1.165) is 23.8 Å². The third-order valence-electron chi connectivity index (χ3n) is 6.04. The van der Waals surface area contributed by atoms with Gasteiger partial charge in [0.15, 0.2) is 11.6 Å². The molecular weight excluding hydrogens is 426 g/mol. The average molecular weight is 446 g/mol. The lowest BCUT2D eigenvalue weighted by Gasteiger charge is -2.46. The predicted octanol–water partition coefficient (Wildman–Crippen LogP) is 3.08. The molecule has 0 saturated carbocycles. The summed E-state index contributed by atoms with van der Waals surface area (Å²) in [6, 6.07) is 12.0. The maximum absolute atomic E-state index is 13.5. The van der Waals surface area contributed by atoms with E-state index in [0.29, 0.717) is 37.8 Å². The molecule has 0 radical (unpaired) electrons. The van der Waals surface area contributed by atoms with Crippen molar-refractivity contribution in [1.82, 2.24) is 19.4 Å². The van der Waals surface area contributed by atoms with Crippen LogP contribution in [0.25, 0.3) is 11.5 Å². The third-order valence-corrected chi connectivity index (χ3v) is 7.83. The fraction of sp³-hybridized carbons (Fsp3) is 0.333. The van der Waals surface area contributed by atoms with Gasteiger partial charge in [-0.05, 0) is 43.8 Å². The van der Waals surface area contributed by atoms with Crippen molar-refractivity contribution in [3.05, 3.63) is 66.1 Å². The Morgan fingerprint density at radius 2 is 1.77 bits per heavy atom. The molecule has 0 aliphatic carbocycles. The first kappa shape index (κ1) is 20.2. The molecule has 2 aliphatic heterocycles. The molecule has 2 aliphatic rings. The third kappa shape index (κ3) is 3.44. The first-order chi connectivity index (χ1) is 14.8. The second-order valence-electron chi connectivity index (χ2n) is 8.30. The molecule has 1 spiro atoms. The fourth-order valence-electron chi connectivity index (χ4n) is 4.50. The highest BCUT2D eigenvalue weighted by Gasteiger charge is 2.55. The van der Waals surface area contributed by atoms with E-state index >= 15 is 0 Å². The van der Waals surface area contributed by atoms with Crippen LogP contribution in [0, 0.1) is 17.0 Å². The number of hydrogen-bond acceptors (Lipinski definition) is 6. The highest BCUT2D eigenvalue weighted by Crippen LogP contribution is 2.49. The minimum atomic E-state index is -3.88. The van der Waals surface area contributed by atoms with Gasteiger partial charge in [-0.3, -0.25) is 4.90 Å². The molecule has 2 fully saturated rings. The number of likely N-dealkylation sites (tertiary alicyclic amines) is 1. The Hall–Kier alpha value is -2.69. The topological polar surface area (TPSA) is 79.5 Å². The first-order valence-corrected chi connectivity index (χ1v) is 11.3. The Morgan fingerprint density at radius 1 is 1.03 bits per heavy atom. The van der Waals surface area contributed by atoms with Gasteiger partial charge in [0.1, 0.15) is 0 Å². The van der Waals surface area contributed by atoms with Crippen molar-refractivity contribution < 1.29 is 21.6 Å². The van der Waals surface area contributed by atoms with Gasteiger partial charge in [-0.2, -0.15) is 4.31 Å². The molecule has 2 saturated heterocycles. The van der Waals surface area contributed by atoms with Crippen LogP contribution < -0.4 is 0 Å². The zero-order chi connectivity index (χ0) is 21.8. The Balaban J connectivity index is 1.31. The second-order valence-corrected chi connectivity index (χ2v) is 10.2. The van der Waals surface area contributed by atoms with Crippen LogP contribution in [0.5, 0.6) is 0 Å². The van der Waals surface area contributed by atoms with Crippen molar-refractivity contribution in [2.24, 2.45) is 5.41 Å². The van der Waals surface area contributed by atoms with E-state index in [1.807, 2.05) is 37.4 Å². The van der Waals surface area contributed by atoms with Crippen molar-refractivity contribution >= 4 is 10.0 Å². The molecule has 162 valence electrons. The van der Waals surface area contributed by atoms with Crippen LogP contribution in [0.4, 0.5) is 8.78 Å². The van der Waals surface area contributed by atoms with Crippen molar-refractivity contribution in [2.75, 3.05) is 26.7 Å². The summed E-state index contributed by atoms with van der Waals surface area (Å²) in [7, 11) is -1.94. The average Bonchev–Trinajstić information content (AvgIpc) is 3.34. The summed E-state index contributed by atoms with van der Waals surface area (Å²) in [6.07, 6.45) is 0.670. The standard InChI is InChI=1S/C21H20F2N4O3S/c1-26-11-21(10-18(26)20-25-24-19(30-20)14-5-3-2-4-6-14)12-27(13-21)31(28,29)15-7-8-16(22)17(23)9-15/h2-9,18H,10-13H2,1H3. The summed E-state index contributed by atoms with van der Waals surface area (Å²) in [5.41, 5.74) is 0.593. The van der Waals surface area contributed by atoms with Gasteiger partial charge in [0.25, 0.3) is 0 Å². The Kier molecular flexibility index (Phi) is 4.68. The highest BCUT2D eigenvalue weighted by atomic mass is 32.2. The Morgan fingerprint density at radius 3 is 2.48 bits per heavy atom. The van der Waals surface area contributed by atoms with Gasteiger partial charge in [0.2, 0.25) is 21.8 Å². The number of benzene rings is 2. The van der Waals surface area contributed by atoms with Crippen LogP contribution in [-0.2, 0) is 10.0 Å². The summed E-state index contributed by atoms with van der Waals surface area (Å²) >= 11 is 0. The highest BCUT2D eigenvalue weighted by molar-refractivity contribution is 7.89. The smallest absolute Gasteiger partial charge is 0.247 e. The van der Waals surface area contributed by atoms with E-state index < -0.39 is 21.7 Å². The maximum Gasteiger partial charge on any atom is 0.247 e. The molecular formula is C21H20F2N4O3S. The quantitative estimate of drug-likeness (QED) is 0.613. The van der Waals surface area contributed by atoms with Crippen molar-refractivity contribution in [2.45, 2.75) is 17.4 Å². The normalized spacial score (nSPS) is 21.5. The zero-order valence-corrected chi connectivity index (χ0v) is 17.5. The second kappa shape index (κ2) is 7.18. The van der Waals surface area contributed by atoms with E-state index in [2.05, 4.69) is 15.1 Å². The molecule has 31 heavy (non-hydrogen) atoms. The molecule has 5 rings (SSSR count).